The van der Waals surface area contributed by atoms with Gasteiger partial charge in [0, 0.05) is 18.4 Å². The van der Waals surface area contributed by atoms with E-state index in [1.807, 2.05) is 25.1 Å². The van der Waals surface area contributed by atoms with Crippen molar-refractivity contribution in [3.05, 3.63) is 108 Å². The van der Waals surface area contributed by atoms with Gasteiger partial charge in [0.15, 0.2) is 0 Å². The van der Waals surface area contributed by atoms with Crippen LogP contribution in [0.3, 0.4) is 0 Å². The van der Waals surface area contributed by atoms with Gasteiger partial charge in [0.1, 0.15) is 0 Å². The monoisotopic (exact) mass is 416 g/mol. The molecule has 0 aromatic heterocycles. The third-order valence-electron chi connectivity index (χ3n) is 5.44. The van der Waals surface area contributed by atoms with Crippen LogP contribution in [0.5, 0.6) is 0 Å². The van der Waals surface area contributed by atoms with Crippen LogP contribution in [0.4, 0.5) is 0 Å². The van der Waals surface area contributed by atoms with Gasteiger partial charge in [0.2, 0.25) is 0 Å². The molecule has 0 unspecified atom stereocenters. The van der Waals surface area contributed by atoms with Crippen LogP contribution in [-0.2, 0) is 19.5 Å². The van der Waals surface area contributed by atoms with Crippen molar-refractivity contribution in [2.45, 2.75) is 38.0 Å². The summed E-state index contributed by atoms with van der Waals surface area (Å²) in [6.45, 7) is 2.15. The Labute approximate surface area is 185 Å². The largest absolute Gasteiger partial charge is 0.712 e. The molecule has 160 valence electrons. The molecule has 0 fully saturated rings. The van der Waals surface area contributed by atoms with Crippen LogP contribution in [0.1, 0.15) is 49.3 Å². The molecule has 3 aromatic rings. The normalized spacial score (nSPS) is 11.2. The Morgan fingerprint density at radius 1 is 0.839 bits per heavy atom. The maximum absolute atomic E-state index is 11.5. The highest BCUT2D eigenvalue weighted by atomic mass is 16.7. The molecule has 0 bridgehead atoms. The second-order valence-corrected chi connectivity index (χ2v) is 7.52. The van der Waals surface area contributed by atoms with E-state index >= 15 is 0 Å². The van der Waals surface area contributed by atoms with Crippen molar-refractivity contribution in [3.63, 3.8) is 0 Å². The molecule has 3 rings (SSSR count). The number of rotatable bonds is 11. The molecule has 0 saturated carbocycles. The van der Waals surface area contributed by atoms with Crippen LogP contribution in [-0.4, -0.2) is 24.9 Å². The van der Waals surface area contributed by atoms with Gasteiger partial charge in [0.25, 0.3) is 5.97 Å². The molecule has 0 radical (unpaired) electrons. The fourth-order valence-electron chi connectivity index (χ4n) is 4.03. The summed E-state index contributed by atoms with van der Waals surface area (Å²) in [5.41, 5.74) is 3.23. The molecule has 0 spiro atoms. The van der Waals surface area contributed by atoms with Crippen molar-refractivity contribution in [2.75, 3.05) is 6.61 Å². The summed E-state index contributed by atoms with van der Waals surface area (Å²) in [4.78, 5) is 11.5. The summed E-state index contributed by atoms with van der Waals surface area (Å²) in [6, 6.07) is 31.4. The molecule has 0 atom stereocenters. The Bertz CT molecular complexity index is 819. The van der Waals surface area contributed by atoms with Crippen molar-refractivity contribution in [1.29, 1.82) is 0 Å². The van der Waals surface area contributed by atoms with Gasteiger partial charge in [-0.1, -0.05) is 97.9 Å². The van der Waals surface area contributed by atoms with Crippen molar-refractivity contribution < 1.29 is 19.1 Å². The highest BCUT2D eigenvalue weighted by molar-refractivity contribution is 6.37. The maximum Gasteiger partial charge on any atom is 0.712 e. The van der Waals surface area contributed by atoms with E-state index < -0.39 is 13.3 Å². The van der Waals surface area contributed by atoms with E-state index in [-0.39, 0.29) is 18.4 Å². The van der Waals surface area contributed by atoms with Crippen LogP contribution in [0, 0.1) is 0 Å². The number of carbonyl (C=O) groups excluding carboxylic acids is 1. The van der Waals surface area contributed by atoms with Crippen molar-refractivity contribution in [1.82, 2.24) is 0 Å². The Balaban J connectivity index is 1.84. The first-order valence-corrected chi connectivity index (χ1v) is 10.8. The highest BCUT2D eigenvalue weighted by Crippen LogP contribution is 2.42. The summed E-state index contributed by atoms with van der Waals surface area (Å²) in [7, 11) is -1.53. The lowest BCUT2D eigenvalue weighted by Gasteiger charge is -2.36. The van der Waals surface area contributed by atoms with E-state index in [0.29, 0.717) is 12.8 Å². The lowest BCUT2D eigenvalue weighted by atomic mass is 9.67. The van der Waals surface area contributed by atoms with Gasteiger partial charge in [0.05, 0.1) is 0 Å². The van der Waals surface area contributed by atoms with Gasteiger partial charge >= 0.3 is 7.32 Å². The standard InChI is InChI=1S/C26H29BO4/c1-2-13-25(28)31-27(29)30-21-12-20-26(22-14-6-3-7-15-22,23-16-8-4-9-17-23)24-18-10-5-11-19-24/h3-11,14-19,29H,2,12-13,20-21H2,1H3. The Morgan fingerprint density at radius 3 is 1.71 bits per heavy atom. The lowest BCUT2D eigenvalue weighted by Crippen LogP contribution is -2.31. The summed E-state index contributed by atoms with van der Waals surface area (Å²) in [5.74, 6) is -0.456. The number of hydrogen-bond acceptors (Lipinski definition) is 4. The van der Waals surface area contributed by atoms with Gasteiger partial charge in [-0.2, -0.15) is 0 Å². The molecule has 3 aromatic carbocycles. The van der Waals surface area contributed by atoms with Gasteiger partial charge in [-0.25, -0.2) is 0 Å². The fraction of sp³-hybridized carbons (Fsp3) is 0.269. The molecule has 31 heavy (non-hydrogen) atoms. The molecule has 0 heterocycles. The third-order valence-corrected chi connectivity index (χ3v) is 5.44. The topological polar surface area (TPSA) is 55.8 Å². The van der Waals surface area contributed by atoms with Crippen LogP contribution < -0.4 is 0 Å². The van der Waals surface area contributed by atoms with Gasteiger partial charge in [-0.15, -0.1) is 0 Å². The fourth-order valence-corrected chi connectivity index (χ4v) is 4.03. The van der Waals surface area contributed by atoms with E-state index in [9.17, 15) is 9.82 Å². The second kappa shape index (κ2) is 11.5. The zero-order chi connectivity index (χ0) is 21.9. The van der Waals surface area contributed by atoms with Crippen LogP contribution in [0.2, 0.25) is 0 Å². The highest BCUT2D eigenvalue weighted by Gasteiger charge is 2.35. The summed E-state index contributed by atoms with van der Waals surface area (Å²) >= 11 is 0. The van der Waals surface area contributed by atoms with Gasteiger partial charge in [-0.05, 0) is 36.0 Å². The molecule has 0 aliphatic carbocycles. The first-order chi connectivity index (χ1) is 15.2. The third kappa shape index (κ3) is 5.84. The van der Waals surface area contributed by atoms with E-state index in [1.165, 1.54) is 16.7 Å². The minimum absolute atomic E-state index is 0.263. The minimum atomic E-state index is -1.53. The average Bonchev–Trinajstić information content (AvgIpc) is 2.81. The van der Waals surface area contributed by atoms with Crippen LogP contribution >= 0.6 is 0 Å². The predicted octanol–water partition coefficient (Wildman–Crippen LogP) is 5.14. The van der Waals surface area contributed by atoms with E-state index in [1.54, 1.807) is 0 Å². The quantitative estimate of drug-likeness (QED) is 0.267. The molecular weight excluding hydrogens is 387 g/mol. The number of carbonyl (C=O) groups is 1. The molecule has 0 aliphatic heterocycles. The van der Waals surface area contributed by atoms with Gasteiger partial charge in [-0.3, -0.25) is 4.79 Å². The van der Waals surface area contributed by atoms with Crippen molar-refractivity contribution >= 4 is 13.3 Å². The molecule has 0 amide bonds. The number of benzene rings is 3. The first kappa shape index (κ1) is 22.8. The second-order valence-electron chi connectivity index (χ2n) is 7.52. The van der Waals surface area contributed by atoms with E-state index in [4.69, 9.17) is 9.31 Å². The minimum Gasteiger partial charge on any atom is -0.485 e. The SMILES string of the molecule is CCCC(=O)OB(O)OCCCC(c1ccccc1)(c1ccccc1)c1ccccc1. The molecule has 0 saturated heterocycles. The maximum atomic E-state index is 11.5. The van der Waals surface area contributed by atoms with Crippen LogP contribution in [0.15, 0.2) is 91.0 Å². The molecular formula is C26H29BO4. The number of hydrogen-bond donors (Lipinski definition) is 1. The lowest BCUT2D eigenvalue weighted by molar-refractivity contribution is -0.137. The zero-order valence-corrected chi connectivity index (χ0v) is 17.9. The molecule has 4 nitrogen and oxygen atoms in total. The summed E-state index contributed by atoms with van der Waals surface area (Å²) in [5, 5.41) is 9.86. The van der Waals surface area contributed by atoms with E-state index in [2.05, 4.69) is 72.8 Å². The van der Waals surface area contributed by atoms with E-state index in [0.717, 1.165) is 6.42 Å². The smallest absolute Gasteiger partial charge is 0.485 e. The van der Waals surface area contributed by atoms with Crippen molar-refractivity contribution in [2.24, 2.45) is 0 Å². The first-order valence-electron chi connectivity index (χ1n) is 10.8. The van der Waals surface area contributed by atoms with Crippen LogP contribution in [0.25, 0.3) is 0 Å². The molecule has 1 N–H and O–H groups in total. The Kier molecular flexibility index (Phi) is 8.45. The summed E-state index contributed by atoms with van der Waals surface area (Å²) < 4.78 is 10.2. The Hall–Kier alpha value is -2.89. The molecule has 5 heteroatoms. The Morgan fingerprint density at radius 2 is 1.29 bits per heavy atom. The molecule has 0 aliphatic rings. The van der Waals surface area contributed by atoms with Crippen molar-refractivity contribution in [3.8, 4) is 0 Å². The zero-order valence-electron chi connectivity index (χ0n) is 17.9. The van der Waals surface area contributed by atoms with Gasteiger partial charge < -0.3 is 14.3 Å². The predicted molar refractivity (Wildman–Crippen MR) is 123 cm³/mol. The average molecular weight is 416 g/mol. The summed E-state index contributed by atoms with van der Waals surface area (Å²) in [6.07, 6.45) is 2.36.